The summed E-state index contributed by atoms with van der Waals surface area (Å²) < 4.78 is 0. The molecule has 2 aromatic rings. The van der Waals surface area contributed by atoms with Gasteiger partial charge >= 0.3 is 0 Å². The maximum absolute atomic E-state index is 4.44. The number of para-hydroxylation sites is 1. The van der Waals surface area contributed by atoms with Crippen LogP contribution in [0.25, 0.3) is 0 Å². The fraction of sp³-hybridized carbons (Fsp3) is 0.400. The molecular formula is C15H21N5. The van der Waals surface area contributed by atoms with Crippen LogP contribution in [-0.4, -0.2) is 21.2 Å². The molecule has 0 spiro atoms. The van der Waals surface area contributed by atoms with Crippen LogP contribution in [0.3, 0.4) is 0 Å². The summed E-state index contributed by atoms with van der Waals surface area (Å²) in [7, 11) is 0. The van der Waals surface area contributed by atoms with Crippen molar-refractivity contribution >= 4 is 17.5 Å². The second-order valence-corrected chi connectivity index (χ2v) is 5.01. The lowest BCUT2D eigenvalue weighted by molar-refractivity contribution is 0.755. The van der Waals surface area contributed by atoms with Gasteiger partial charge in [-0.15, -0.1) is 5.10 Å². The quantitative estimate of drug-likeness (QED) is 0.872. The van der Waals surface area contributed by atoms with Gasteiger partial charge in [-0.2, -0.15) is 10.1 Å². The molecule has 1 atom stereocenters. The first-order valence-corrected chi connectivity index (χ1v) is 6.89. The summed E-state index contributed by atoms with van der Waals surface area (Å²) in [6.07, 6.45) is 2.67. The van der Waals surface area contributed by atoms with Gasteiger partial charge in [0.2, 0.25) is 5.95 Å². The number of aryl methyl sites for hydroxylation is 2. The predicted molar refractivity (Wildman–Crippen MR) is 82.4 cm³/mol. The van der Waals surface area contributed by atoms with E-state index in [1.54, 1.807) is 6.20 Å². The van der Waals surface area contributed by atoms with Crippen LogP contribution in [0, 0.1) is 13.8 Å². The van der Waals surface area contributed by atoms with Crippen molar-refractivity contribution in [3.8, 4) is 0 Å². The van der Waals surface area contributed by atoms with Gasteiger partial charge in [0.1, 0.15) is 0 Å². The largest absolute Gasteiger partial charge is 0.366 e. The van der Waals surface area contributed by atoms with E-state index in [-0.39, 0.29) is 0 Å². The van der Waals surface area contributed by atoms with E-state index in [0.29, 0.717) is 12.0 Å². The van der Waals surface area contributed by atoms with Gasteiger partial charge in [0, 0.05) is 11.7 Å². The van der Waals surface area contributed by atoms with E-state index in [0.717, 1.165) is 29.1 Å². The topological polar surface area (TPSA) is 62.7 Å². The van der Waals surface area contributed by atoms with Crippen molar-refractivity contribution < 1.29 is 0 Å². The first-order chi connectivity index (χ1) is 9.60. The molecule has 106 valence electrons. The van der Waals surface area contributed by atoms with Gasteiger partial charge in [-0.3, -0.25) is 0 Å². The Bertz CT molecular complexity index is 562. The summed E-state index contributed by atoms with van der Waals surface area (Å²) in [5.41, 5.74) is 3.36. The highest BCUT2D eigenvalue weighted by Crippen LogP contribution is 2.22. The van der Waals surface area contributed by atoms with Gasteiger partial charge in [0.25, 0.3) is 0 Å². The molecule has 1 heterocycles. The average molecular weight is 271 g/mol. The molecule has 1 aromatic heterocycles. The number of aromatic nitrogens is 3. The van der Waals surface area contributed by atoms with Crippen LogP contribution >= 0.6 is 0 Å². The maximum atomic E-state index is 4.44. The fourth-order valence-electron chi connectivity index (χ4n) is 1.90. The molecule has 5 nitrogen and oxygen atoms in total. The molecular weight excluding hydrogens is 250 g/mol. The second-order valence-electron chi connectivity index (χ2n) is 5.01. The molecule has 0 saturated heterocycles. The Hall–Kier alpha value is -2.17. The van der Waals surface area contributed by atoms with E-state index in [4.69, 9.17) is 0 Å². The van der Waals surface area contributed by atoms with Gasteiger partial charge in [0.05, 0.1) is 6.20 Å². The van der Waals surface area contributed by atoms with Crippen molar-refractivity contribution in [2.75, 3.05) is 10.6 Å². The smallest absolute Gasteiger partial charge is 0.249 e. The van der Waals surface area contributed by atoms with Crippen LogP contribution in [0.15, 0.2) is 24.4 Å². The fourth-order valence-corrected chi connectivity index (χ4v) is 1.90. The van der Waals surface area contributed by atoms with Gasteiger partial charge in [-0.05, 0) is 38.3 Å². The summed E-state index contributed by atoms with van der Waals surface area (Å²) in [4.78, 5) is 4.44. The van der Waals surface area contributed by atoms with E-state index < -0.39 is 0 Å². The molecule has 20 heavy (non-hydrogen) atoms. The van der Waals surface area contributed by atoms with Crippen molar-refractivity contribution in [2.45, 2.75) is 40.2 Å². The molecule has 1 aromatic carbocycles. The van der Waals surface area contributed by atoms with Gasteiger partial charge in [0.15, 0.2) is 5.82 Å². The Morgan fingerprint density at radius 1 is 1.20 bits per heavy atom. The highest BCUT2D eigenvalue weighted by Gasteiger charge is 2.07. The van der Waals surface area contributed by atoms with Crippen LogP contribution in [0.2, 0.25) is 0 Å². The first-order valence-electron chi connectivity index (χ1n) is 6.89. The number of hydrogen-bond acceptors (Lipinski definition) is 5. The Morgan fingerprint density at radius 3 is 2.55 bits per heavy atom. The third-order valence-corrected chi connectivity index (χ3v) is 3.28. The molecule has 0 amide bonds. The van der Waals surface area contributed by atoms with E-state index >= 15 is 0 Å². The minimum atomic E-state index is 0.361. The Balaban J connectivity index is 2.20. The van der Waals surface area contributed by atoms with E-state index in [9.17, 15) is 0 Å². The lowest BCUT2D eigenvalue weighted by atomic mass is 10.1. The zero-order valence-corrected chi connectivity index (χ0v) is 12.4. The number of nitrogens with zero attached hydrogens (tertiary/aromatic N) is 3. The van der Waals surface area contributed by atoms with Crippen molar-refractivity contribution in [3.05, 3.63) is 35.5 Å². The predicted octanol–water partition coefficient (Wildman–Crippen LogP) is 3.44. The number of hydrogen-bond donors (Lipinski definition) is 2. The van der Waals surface area contributed by atoms with Crippen LogP contribution < -0.4 is 10.6 Å². The van der Waals surface area contributed by atoms with Crippen LogP contribution in [0.4, 0.5) is 17.5 Å². The molecule has 2 N–H and O–H groups in total. The average Bonchev–Trinajstić information content (AvgIpc) is 2.43. The summed E-state index contributed by atoms with van der Waals surface area (Å²) in [5, 5.41) is 14.6. The van der Waals surface area contributed by atoms with Crippen LogP contribution in [0.5, 0.6) is 0 Å². The van der Waals surface area contributed by atoms with Gasteiger partial charge in [-0.25, -0.2) is 0 Å². The number of benzene rings is 1. The number of anilines is 3. The number of nitrogens with one attached hydrogen (secondary N) is 2. The normalized spacial score (nSPS) is 12.0. The zero-order valence-electron chi connectivity index (χ0n) is 12.4. The van der Waals surface area contributed by atoms with E-state index in [1.165, 1.54) is 0 Å². The maximum Gasteiger partial charge on any atom is 0.249 e. The molecule has 0 radical (unpaired) electrons. The van der Waals surface area contributed by atoms with E-state index in [2.05, 4.69) is 65.6 Å². The molecule has 0 fully saturated rings. The summed E-state index contributed by atoms with van der Waals surface area (Å²) in [6, 6.07) is 6.52. The third kappa shape index (κ3) is 3.44. The summed E-state index contributed by atoms with van der Waals surface area (Å²) >= 11 is 0. The van der Waals surface area contributed by atoms with Gasteiger partial charge in [-0.1, -0.05) is 25.1 Å². The Morgan fingerprint density at radius 2 is 1.90 bits per heavy atom. The van der Waals surface area contributed by atoms with E-state index in [1.807, 2.05) is 6.07 Å². The molecule has 0 aliphatic heterocycles. The van der Waals surface area contributed by atoms with Crippen LogP contribution in [-0.2, 0) is 0 Å². The summed E-state index contributed by atoms with van der Waals surface area (Å²) in [5.74, 6) is 1.25. The monoisotopic (exact) mass is 271 g/mol. The summed E-state index contributed by atoms with van der Waals surface area (Å²) in [6.45, 7) is 8.36. The van der Waals surface area contributed by atoms with Crippen molar-refractivity contribution in [3.63, 3.8) is 0 Å². The zero-order chi connectivity index (χ0) is 14.5. The molecule has 1 unspecified atom stereocenters. The van der Waals surface area contributed by atoms with Crippen molar-refractivity contribution in [1.82, 2.24) is 15.2 Å². The molecule has 0 aliphatic rings. The standard InChI is InChI=1S/C15H21N5/c1-5-12(4)17-13-9-16-20-15(18-13)19-14-10(2)7-6-8-11(14)3/h6-9,12H,5H2,1-4H3,(H2,17,18,19,20). The van der Waals surface area contributed by atoms with Crippen molar-refractivity contribution in [1.29, 1.82) is 0 Å². The van der Waals surface area contributed by atoms with Gasteiger partial charge < -0.3 is 10.6 Å². The molecule has 2 rings (SSSR count). The Labute approximate surface area is 119 Å². The minimum Gasteiger partial charge on any atom is -0.366 e. The molecule has 0 aliphatic carbocycles. The van der Waals surface area contributed by atoms with Crippen LogP contribution in [0.1, 0.15) is 31.4 Å². The third-order valence-electron chi connectivity index (χ3n) is 3.28. The molecule has 5 heteroatoms. The first kappa shape index (κ1) is 14.2. The second kappa shape index (κ2) is 6.32. The lowest BCUT2D eigenvalue weighted by Gasteiger charge is -2.13. The molecule has 0 saturated carbocycles. The lowest BCUT2D eigenvalue weighted by Crippen LogP contribution is -2.15. The highest BCUT2D eigenvalue weighted by molar-refractivity contribution is 5.63. The molecule has 0 bridgehead atoms. The highest BCUT2D eigenvalue weighted by atomic mass is 15.3. The number of rotatable bonds is 5. The SMILES string of the molecule is CCC(C)Nc1cnnc(Nc2c(C)cccc2C)n1. The van der Waals surface area contributed by atoms with Crippen molar-refractivity contribution in [2.24, 2.45) is 0 Å². The Kier molecular flexibility index (Phi) is 4.50. The minimum absolute atomic E-state index is 0.361.